The van der Waals surface area contributed by atoms with Gasteiger partial charge in [-0.25, -0.2) is 8.42 Å². The molecule has 5 rings (SSSR count). The summed E-state index contributed by atoms with van der Waals surface area (Å²) in [6, 6.07) is 18.0. The molecule has 0 aliphatic carbocycles. The third-order valence-corrected chi connectivity index (χ3v) is 8.24. The molecule has 0 bridgehead atoms. The molecular formula is C28H27Cl2N5O3S2. The zero-order valence-corrected chi connectivity index (χ0v) is 25.3. The lowest BCUT2D eigenvalue weighted by atomic mass is 9.96. The van der Waals surface area contributed by atoms with Crippen molar-refractivity contribution in [3.05, 3.63) is 99.6 Å². The summed E-state index contributed by atoms with van der Waals surface area (Å²) < 4.78 is 33.9. The highest BCUT2D eigenvalue weighted by Gasteiger charge is 2.42. The number of rotatable bonds is 7. The van der Waals surface area contributed by atoms with Crippen LogP contribution in [0, 0.1) is 13.8 Å². The first-order chi connectivity index (χ1) is 19.0. The van der Waals surface area contributed by atoms with Crippen molar-refractivity contribution in [1.82, 2.24) is 14.9 Å². The van der Waals surface area contributed by atoms with E-state index in [0.29, 0.717) is 26.6 Å². The molecule has 208 valence electrons. The van der Waals surface area contributed by atoms with Gasteiger partial charge in [-0.15, -0.1) is 0 Å². The highest BCUT2D eigenvalue weighted by molar-refractivity contribution is 7.92. The van der Waals surface area contributed by atoms with Crippen LogP contribution in [0.15, 0.2) is 66.9 Å². The average Bonchev–Trinajstić information content (AvgIpc) is 3.39. The molecule has 4 aromatic rings. The number of anilines is 2. The molecule has 1 fully saturated rings. The summed E-state index contributed by atoms with van der Waals surface area (Å²) in [5, 5.41) is 5.06. The maximum atomic E-state index is 11.9. The lowest BCUT2D eigenvalue weighted by molar-refractivity contribution is 0.417. The molecule has 40 heavy (non-hydrogen) atoms. The number of hydrogen-bond donors (Lipinski definition) is 2. The first-order valence-electron chi connectivity index (χ1n) is 12.3. The summed E-state index contributed by atoms with van der Waals surface area (Å²) in [5.41, 5.74) is 5.69. The highest BCUT2D eigenvalue weighted by Crippen LogP contribution is 2.45. The van der Waals surface area contributed by atoms with Gasteiger partial charge in [0, 0.05) is 34.4 Å². The van der Waals surface area contributed by atoms with Crippen molar-refractivity contribution < 1.29 is 13.2 Å². The van der Waals surface area contributed by atoms with Crippen molar-refractivity contribution in [2.45, 2.75) is 25.9 Å². The number of nitrogens with one attached hydrogen (secondary N) is 2. The summed E-state index contributed by atoms with van der Waals surface area (Å²) in [4.78, 5) is 6.65. The van der Waals surface area contributed by atoms with Crippen molar-refractivity contribution in [2.75, 3.05) is 23.0 Å². The average molecular weight is 617 g/mol. The Morgan fingerprint density at radius 3 is 2.50 bits per heavy atom. The summed E-state index contributed by atoms with van der Waals surface area (Å²) in [6.07, 6.45) is 2.85. The highest BCUT2D eigenvalue weighted by atomic mass is 35.5. The minimum absolute atomic E-state index is 0.275. The topological polar surface area (TPSA) is 88.5 Å². The van der Waals surface area contributed by atoms with Crippen molar-refractivity contribution in [1.29, 1.82) is 0 Å². The number of aryl methyl sites for hydroxylation is 1. The van der Waals surface area contributed by atoms with E-state index in [1.807, 2.05) is 55.1 Å². The largest absolute Gasteiger partial charge is 0.494 e. The van der Waals surface area contributed by atoms with E-state index >= 15 is 0 Å². The molecule has 0 radical (unpaired) electrons. The number of nitrogens with zero attached hydrogens (tertiary/aromatic N) is 3. The smallest absolute Gasteiger partial charge is 0.229 e. The van der Waals surface area contributed by atoms with Crippen LogP contribution in [0.3, 0.4) is 0 Å². The van der Waals surface area contributed by atoms with Crippen LogP contribution in [0.25, 0.3) is 5.69 Å². The van der Waals surface area contributed by atoms with Gasteiger partial charge >= 0.3 is 0 Å². The van der Waals surface area contributed by atoms with Gasteiger partial charge in [0.2, 0.25) is 10.0 Å². The van der Waals surface area contributed by atoms with Gasteiger partial charge in [0.15, 0.2) is 5.11 Å². The van der Waals surface area contributed by atoms with E-state index in [4.69, 9.17) is 40.2 Å². The van der Waals surface area contributed by atoms with Gasteiger partial charge < -0.3 is 19.5 Å². The Hall–Kier alpha value is -3.31. The van der Waals surface area contributed by atoms with Crippen LogP contribution in [0.4, 0.5) is 11.4 Å². The molecular weight excluding hydrogens is 589 g/mol. The van der Waals surface area contributed by atoms with Crippen LogP contribution in [-0.2, 0) is 10.0 Å². The fourth-order valence-corrected chi connectivity index (χ4v) is 6.59. The van der Waals surface area contributed by atoms with Gasteiger partial charge in [-0.3, -0.25) is 9.71 Å². The van der Waals surface area contributed by atoms with E-state index < -0.39 is 10.0 Å². The second-order valence-corrected chi connectivity index (χ2v) is 12.5. The number of hydrogen-bond acceptors (Lipinski definition) is 5. The maximum Gasteiger partial charge on any atom is 0.229 e. The number of benzene rings is 2. The van der Waals surface area contributed by atoms with Gasteiger partial charge in [-0.2, -0.15) is 0 Å². The van der Waals surface area contributed by atoms with Crippen molar-refractivity contribution in [3.8, 4) is 11.4 Å². The fraction of sp³-hybridized carbons (Fsp3) is 0.214. The van der Waals surface area contributed by atoms with Gasteiger partial charge in [-0.05, 0) is 80.2 Å². The Morgan fingerprint density at radius 1 is 1.07 bits per heavy atom. The van der Waals surface area contributed by atoms with E-state index in [0.717, 1.165) is 40.3 Å². The van der Waals surface area contributed by atoms with E-state index in [1.165, 1.54) is 7.11 Å². The number of sulfonamides is 1. The van der Waals surface area contributed by atoms with Crippen LogP contribution < -0.4 is 19.7 Å². The quantitative estimate of drug-likeness (QED) is 0.234. The molecule has 2 N–H and O–H groups in total. The minimum Gasteiger partial charge on any atom is -0.494 e. The maximum absolute atomic E-state index is 11.9. The summed E-state index contributed by atoms with van der Waals surface area (Å²) in [6.45, 7) is 4.07. The Kier molecular flexibility index (Phi) is 7.71. The number of thiocarbonyl (C=S) groups is 1. The Labute approximate surface area is 248 Å². The molecule has 2 atom stereocenters. The lowest BCUT2D eigenvalue weighted by Gasteiger charge is -2.29. The van der Waals surface area contributed by atoms with E-state index in [-0.39, 0.29) is 12.1 Å². The number of aromatic nitrogens is 2. The molecule has 12 heteroatoms. The molecule has 3 heterocycles. The monoisotopic (exact) mass is 615 g/mol. The first kappa shape index (κ1) is 28.2. The molecule has 0 spiro atoms. The zero-order valence-electron chi connectivity index (χ0n) is 22.1. The number of pyridine rings is 1. The van der Waals surface area contributed by atoms with Crippen LogP contribution in [-0.4, -0.2) is 36.4 Å². The Morgan fingerprint density at radius 2 is 1.85 bits per heavy atom. The normalized spacial score (nSPS) is 17.1. The number of methoxy groups -OCH3 is 1. The predicted octanol–water partition coefficient (Wildman–Crippen LogP) is 6.35. The standard InChI is InChI=1S/C28H27Cl2N5O3S2/c1-16-13-20(17(2)34(16)24-11-8-18(29)14-21(24)30)27-26(23-7-5-6-12-31-23)32-28(39)35(27)19-9-10-22(25(15-19)38-3)33-40(4,36)37/h5-15,26-27,33H,1-4H3,(H,32,39). The molecule has 2 aromatic carbocycles. The zero-order chi connectivity index (χ0) is 28.8. The molecule has 8 nitrogen and oxygen atoms in total. The van der Waals surface area contributed by atoms with Crippen molar-refractivity contribution in [2.24, 2.45) is 0 Å². The van der Waals surface area contributed by atoms with E-state index in [9.17, 15) is 8.42 Å². The van der Waals surface area contributed by atoms with Gasteiger partial charge in [0.1, 0.15) is 5.75 Å². The lowest BCUT2D eigenvalue weighted by Crippen LogP contribution is -2.29. The van der Waals surface area contributed by atoms with Crippen LogP contribution in [0.1, 0.15) is 34.7 Å². The predicted molar refractivity (Wildman–Crippen MR) is 165 cm³/mol. The summed E-state index contributed by atoms with van der Waals surface area (Å²) >= 11 is 18.7. The molecule has 0 saturated carbocycles. The SMILES string of the molecule is COc1cc(N2C(=S)NC(c3ccccn3)C2c2cc(C)n(-c3ccc(Cl)cc3Cl)c2C)ccc1NS(C)(=O)=O. The molecule has 1 aliphatic heterocycles. The Bertz CT molecular complexity index is 1710. The van der Waals surface area contributed by atoms with Crippen molar-refractivity contribution in [3.63, 3.8) is 0 Å². The van der Waals surface area contributed by atoms with Crippen LogP contribution in [0.2, 0.25) is 10.0 Å². The molecule has 0 amide bonds. The van der Waals surface area contributed by atoms with Crippen LogP contribution in [0.5, 0.6) is 5.75 Å². The Balaban J connectivity index is 1.67. The number of ether oxygens (including phenoxy) is 1. The van der Waals surface area contributed by atoms with Crippen molar-refractivity contribution >= 4 is 61.9 Å². The third-order valence-electron chi connectivity index (χ3n) is 6.80. The molecule has 2 unspecified atom stereocenters. The molecule has 1 saturated heterocycles. The third kappa shape index (κ3) is 5.36. The first-order valence-corrected chi connectivity index (χ1v) is 15.3. The summed E-state index contributed by atoms with van der Waals surface area (Å²) in [5.74, 6) is 0.365. The number of halogens is 2. The summed E-state index contributed by atoms with van der Waals surface area (Å²) in [7, 11) is -2.01. The van der Waals surface area contributed by atoms with Gasteiger partial charge in [0.05, 0.1) is 47.5 Å². The molecule has 1 aliphatic rings. The van der Waals surface area contributed by atoms with E-state index in [1.54, 1.807) is 24.4 Å². The second kappa shape index (κ2) is 10.9. The van der Waals surface area contributed by atoms with Gasteiger partial charge in [0.25, 0.3) is 0 Å². The van der Waals surface area contributed by atoms with Crippen LogP contribution >= 0.6 is 35.4 Å². The van der Waals surface area contributed by atoms with Gasteiger partial charge in [-0.1, -0.05) is 29.3 Å². The minimum atomic E-state index is -3.50. The van der Waals surface area contributed by atoms with E-state index in [2.05, 4.69) is 25.7 Å². The molecule has 2 aromatic heterocycles. The fourth-order valence-electron chi connectivity index (χ4n) is 5.18. The second-order valence-electron chi connectivity index (χ2n) is 9.51.